The largest absolute Gasteiger partial charge is 0.494 e. The van der Waals surface area contributed by atoms with Crippen molar-refractivity contribution in [2.75, 3.05) is 7.11 Å². The van der Waals surface area contributed by atoms with Gasteiger partial charge in [-0.1, -0.05) is 12.1 Å². The van der Waals surface area contributed by atoms with Crippen molar-refractivity contribution < 1.29 is 18.8 Å². The Labute approximate surface area is 136 Å². The molecule has 6 heteroatoms. The van der Waals surface area contributed by atoms with Gasteiger partial charge in [-0.25, -0.2) is 4.79 Å². The topological polar surface area (TPSA) is 49.7 Å². The van der Waals surface area contributed by atoms with Crippen LogP contribution in [0.2, 0.25) is 0 Å². The fourth-order valence-electron chi connectivity index (χ4n) is 2.81. The summed E-state index contributed by atoms with van der Waals surface area (Å²) in [6.45, 7) is 8.09. The Hall–Kier alpha value is -1.79. The van der Waals surface area contributed by atoms with E-state index in [0.29, 0.717) is 5.56 Å². The second kappa shape index (κ2) is 5.11. The molecule has 1 aliphatic rings. The van der Waals surface area contributed by atoms with Gasteiger partial charge in [0, 0.05) is 24.1 Å². The van der Waals surface area contributed by atoms with Crippen molar-refractivity contribution in [3.8, 4) is 0 Å². The number of rotatable bonds is 2. The van der Waals surface area contributed by atoms with Crippen LogP contribution in [0.4, 0.5) is 0 Å². The summed E-state index contributed by atoms with van der Waals surface area (Å²) < 4.78 is 19.0. The van der Waals surface area contributed by atoms with Gasteiger partial charge in [-0.05, 0) is 39.2 Å². The molecule has 1 aromatic heterocycles. The molecule has 3 rings (SSSR count). The average Bonchev–Trinajstić information content (AvgIpc) is 2.92. The minimum Gasteiger partial charge on any atom is -0.465 e. The molecule has 0 bridgehead atoms. The molecule has 0 radical (unpaired) electrons. The number of nitrogens with zero attached hydrogens (tertiary/aromatic N) is 1. The van der Waals surface area contributed by atoms with E-state index in [-0.39, 0.29) is 5.97 Å². The summed E-state index contributed by atoms with van der Waals surface area (Å²) in [5.74, 6) is -0.346. The Kier molecular flexibility index (Phi) is 3.57. The van der Waals surface area contributed by atoms with E-state index in [1.807, 2.05) is 57.5 Å². The van der Waals surface area contributed by atoms with Crippen LogP contribution in [0.25, 0.3) is 10.9 Å². The zero-order chi connectivity index (χ0) is 17.0. The number of hydrogen-bond acceptors (Lipinski definition) is 4. The minimum atomic E-state index is -0.449. The fraction of sp³-hybridized carbons (Fsp3) is 0.471. The van der Waals surface area contributed by atoms with Gasteiger partial charge in [-0.3, -0.25) is 0 Å². The van der Waals surface area contributed by atoms with Gasteiger partial charge < -0.3 is 18.6 Å². The molecular weight excluding hydrogens is 293 g/mol. The summed E-state index contributed by atoms with van der Waals surface area (Å²) in [6, 6.07) is 5.90. The number of carbonyl (C=O) groups excluding carboxylic acids is 1. The zero-order valence-corrected chi connectivity index (χ0v) is 14.5. The second-order valence-electron chi connectivity index (χ2n) is 7.01. The second-order valence-corrected chi connectivity index (χ2v) is 7.01. The van der Waals surface area contributed by atoms with Gasteiger partial charge in [0.15, 0.2) is 0 Å². The van der Waals surface area contributed by atoms with E-state index in [2.05, 4.69) is 0 Å². The molecule has 2 heterocycles. The van der Waals surface area contributed by atoms with Gasteiger partial charge in [0.1, 0.15) is 0 Å². The Bertz CT molecular complexity index is 762. The number of carbonyl (C=O) groups is 1. The molecule has 1 aromatic carbocycles. The highest BCUT2D eigenvalue weighted by Gasteiger charge is 2.51. The van der Waals surface area contributed by atoms with Crippen molar-refractivity contribution >= 4 is 29.5 Å². The molecule has 0 aliphatic carbocycles. The first-order valence-corrected chi connectivity index (χ1v) is 7.69. The first-order valence-electron chi connectivity index (χ1n) is 7.69. The lowest BCUT2D eigenvalue weighted by Crippen LogP contribution is -2.41. The normalized spacial score (nSPS) is 19.3. The lowest BCUT2D eigenvalue weighted by Gasteiger charge is -2.32. The van der Waals surface area contributed by atoms with E-state index in [1.165, 1.54) is 7.11 Å². The molecule has 0 atom stereocenters. The van der Waals surface area contributed by atoms with Crippen LogP contribution in [0.3, 0.4) is 0 Å². The maximum Gasteiger partial charge on any atom is 0.494 e. The van der Waals surface area contributed by atoms with Gasteiger partial charge in [-0.2, -0.15) is 0 Å². The van der Waals surface area contributed by atoms with Crippen LogP contribution >= 0.6 is 0 Å². The average molecular weight is 315 g/mol. The number of aryl methyl sites for hydroxylation is 1. The van der Waals surface area contributed by atoms with Crippen LogP contribution in [-0.4, -0.2) is 36.0 Å². The molecule has 2 aromatic rings. The molecule has 0 amide bonds. The Morgan fingerprint density at radius 1 is 1.17 bits per heavy atom. The summed E-state index contributed by atoms with van der Waals surface area (Å²) in [7, 11) is 2.85. The van der Waals surface area contributed by atoms with E-state index in [9.17, 15) is 4.79 Å². The molecule has 1 aliphatic heterocycles. The van der Waals surface area contributed by atoms with Crippen LogP contribution in [0.5, 0.6) is 0 Å². The maximum atomic E-state index is 12.0. The van der Waals surface area contributed by atoms with E-state index in [0.717, 1.165) is 16.4 Å². The lowest BCUT2D eigenvalue weighted by atomic mass is 9.78. The number of esters is 1. The van der Waals surface area contributed by atoms with Gasteiger partial charge in [-0.15, -0.1) is 0 Å². The standard InChI is InChI=1S/C17H22BNO4/c1-16(2)17(3,4)23-18(22-16)11-7-8-14-12(9-11)13(10-19(14)5)15(20)21-6/h7-10H,1-6H3. The van der Waals surface area contributed by atoms with E-state index >= 15 is 0 Å². The minimum absolute atomic E-state index is 0.346. The van der Waals surface area contributed by atoms with E-state index in [1.54, 1.807) is 6.20 Å². The van der Waals surface area contributed by atoms with Gasteiger partial charge in [0.2, 0.25) is 0 Å². The Morgan fingerprint density at radius 3 is 2.35 bits per heavy atom. The summed E-state index contributed by atoms with van der Waals surface area (Å²) in [4.78, 5) is 12.0. The predicted octanol–water partition coefficient (Wildman–Crippen LogP) is 2.26. The van der Waals surface area contributed by atoms with Gasteiger partial charge in [0.05, 0.1) is 23.9 Å². The van der Waals surface area contributed by atoms with Crippen molar-refractivity contribution in [3.63, 3.8) is 0 Å². The summed E-state index contributed by atoms with van der Waals surface area (Å²) in [6.07, 6.45) is 1.78. The molecule has 1 fully saturated rings. The number of aromatic nitrogens is 1. The highest BCUT2D eigenvalue weighted by Crippen LogP contribution is 2.36. The quantitative estimate of drug-likeness (QED) is 0.630. The number of benzene rings is 1. The monoisotopic (exact) mass is 315 g/mol. The number of fused-ring (bicyclic) bond motifs is 1. The van der Waals surface area contributed by atoms with Crippen LogP contribution in [0.1, 0.15) is 38.1 Å². The zero-order valence-electron chi connectivity index (χ0n) is 14.5. The molecule has 0 spiro atoms. The first kappa shape index (κ1) is 16.1. The Balaban J connectivity index is 2.06. The smallest absolute Gasteiger partial charge is 0.465 e. The highest BCUT2D eigenvalue weighted by atomic mass is 16.7. The van der Waals surface area contributed by atoms with Crippen molar-refractivity contribution in [1.29, 1.82) is 0 Å². The number of hydrogen-bond donors (Lipinski definition) is 0. The third-order valence-electron chi connectivity index (χ3n) is 4.94. The summed E-state index contributed by atoms with van der Waals surface area (Å²) >= 11 is 0. The highest BCUT2D eigenvalue weighted by molar-refractivity contribution is 6.62. The van der Waals surface area contributed by atoms with Crippen molar-refractivity contribution in [1.82, 2.24) is 4.57 Å². The third-order valence-corrected chi connectivity index (χ3v) is 4.94. The molecule has 122 valence electrons. The van der Waals surface area contributed by atoms with Crippen LogP contribution in [0.15, 0.2) is 24.4 Å². The maximum absolute atomic E-state index is 12.0. The SMILES string of the molecule is COC(=O)c1cn(C)c2ccc(B3OC(C)(C)C(C)(C)O3)cc12. The summed E-state index contributed by atoms with van der Waals surface area (Å²) in [5, 5.41) is 0.839. The Morgan fingerprint density at radius 2 is 1.78 bits per heavy atom. The molecule has 0 N–H and O–H groups in total. The predicted molar refractivity (Wildman–Crippen MR) is 90.0 cm³/mol. The number of methoxy groups -OCH3 is 1. The molecular formula is C17H22BNO4. The van der Waals surface area contributed by atoms with Crippen molar-refractivity contribution in [2.45, 2.75) is 38.9 Å². The van der Waals surface area contributed by atoms with Crippen LogP contribution in [-0.2, 0) is 21.1 Å². The number of ether oxygens (including phenoxy) is 1. The fourth-order valence-corrected chi connectivity index (χ4v) is 2.81. The third kappa shape index (κ3) is 2.46. The first-order chi connectivity index (χ1) is 10.7. The lowest BCUT2D eigenvalue weighted by molar-refractivity contribution is 0.00578. The van der Waals surface area contributed by atoms with Gasteiger partial charge >= 0.3 is 13.1 Å². The van der Waals surface area contributed by atoms with Crippen molar-refractivity contribution in [3.05, 3.63) is 30.0 Å². The molecule has 0 unspecified atom stereocenters. The molecule has 23 heavy (non-hydrogen) atoms. The van der Waals surface area contributed by atoms with Crippen molar-refractivity contribution in [2.24, 2.45) is 7.05 Å². The van der Waals surface area contributed by atoms with E-state index < -0.39 is 18.3 Å². The molecule has 1 saturated heterocycles. The molecule has 5 nitrogen and oxygen atoms in total. The van der Waals surface area contributed by atoms with Gasteiger partial charge in [0.25, 0.3) is 0 Å². The summed E-state index contributed by atoms with van der Waals surface area (Å²) in [5.41, 5.74) is 1.62. The molecule has 0 saturated carbocycles. The van der Waals surface area contributed by atoms with Crippen LogP contribution < -0.4 is 5.46 Å². The van der Waals surface area contributed by atoms with Crippen LogP contribution in [0, 0.1) is 0 Å². The van der Waals surface area contributed by atoms with E-state index in [4.69, 9.17) is 14.0 Å².